The molecule has 0 radical (unpaired) electrons. The van der Waals surface area contributed by atoms with E-state index in [9.17, 15) is 18.4 Å². The van der Waals surface area contributed by atoms with E-state index in [1.807, 2.05) is 0 Å². The maximum atomic E-state index is 13.5. The molecule has 1 unspecified atom stereocenters. The highest BCUT2D eigenvalue weighted by atomic mass is 35.5. The molecule has 0 saturated carbocycles. The number of nitrogens with one attached hydrogen (secondary N) is 3. The summed E-state index contributed by atoms with van der Waals surface area (Å²) in [6.45, 7) is 0.0692. The molecule has 2 atom stereocenters. The molecular formula is C18H15Cl2F2N3O3. The fourth-order valence-corrected chi connectivity index (χ4v) is 2.94. The van der Waals surface area contributed by atoms with E-state index < -0.39 is 35.7 Å². The van der Waals surface area contributed by atoms with Crippen molar-refractivity contribution in [3.8, 4) is 5.75 Å². The Kier molecular flexibility index (Phi) is 6.21. The Bertz CT molecular complexity index is 914. The minimum Gasteiger partial charge on any atom is -0.491 e. The average molecular weight is 430 g/mol. The van der Waals surface area contributed by atoms with Crippen LogP contribution < -0.4 is 20.7 Å². The molecule has 0 aromatic heterocycles. The molecule has 148 valence electrons. The van der Waals surface area contributed by atoms with Crippen LogP contribution in [-0.4, -0.2) is 31.1 Å². The van der Waals surface area contributed by atoms with Crippen molar-refractivity contribution in [1.82, 2.24) is 16.0 Å². The second-order valence-electron chi connectivity index (χ2n) is 6.03. The first kappa shape index (κ1) is 20.2. The molecule has 0 spiro atoms. The number of hydrogen-bond donors (Lipinski definition) is 3. The van der Waals surface area contributed by atoms with Gasteiger partial charge in [0.05, 0.1) is 16.1 Å². The van der Waals surface area contributed by atoms with Crippen molar-refractivity contribution >= 4 is 35.1 Å². The quantitative estimate of drug-likeness (QED) is 0.659. The van der Waals surface area contributed by atoms with Crippen LogP contribution in [-0.2, 0) is 4.79 Å². The van der Waals surface area contributed by atoms with Gasteiger partial charge in [-0.15, -0.1) is 0 Å². The normalized spacial score (nSPS) is 16.9. The van der Waals surface area contributed by atoms with Gasteiger partial charge in [0.15, 0.2) is 0 Å². The first-order chi connectivity index (χ1) is 13.3. The van der Waals surface area contributed by atoms with Crippen LogP contribution in [0.3, 0.4) is 0 Å². The van der Waals surface area contributed by atoms with Crippen molar-refractivity contribution in [2.24, 2.45) is 0 Å². The predicted octanol–water partition coefficient (Wildman–Crippen LogP) is 3.19. The molecule has 0 aliphatic carbocycles. The van der Waals surface area contributed by atoms with Gasteiger partial charge in [-0.1, -0.05) is 29.3 Å². The van der Waals surface area contributed by atoms with E-state index in [4.69, 9.17) is 27.9 Å². The highest BCUT2D eigenvalue weighted by molar-refractivity contribution is 6.31. The third-order valence-electron chi connectivity index (χ3n) is 4.06. The Morgan fingerprint density at radius 2 is 1.86 bits per heavy atom. The van der Waals surface area contributed by atoms with Crippen LogP contribution in [0.15, 0.2) is 36.4 Å². The van der Waals surface area contributed by atoms with Gasteiger partial charge in [-0.25, -0.2) is 13.6 Å². The Balaban J connectivity index is 1.76. The van der Waals surface area contributed by atoms with Crippen molar-refractivity contribution in [2.75, 3.05) is 13.2 Å². The molecule has 2 aromatic carbocycles. The van der Waals surface area contributed by atoms with Crippen molar-refractivity contribution in [1.29, 1.82) is 0 Å². The summed E-state index contributed by atoms with van der Waals surface area (Å²) in [7, 11) is 0. The van der Waals surface area contributed by atoms with Gasteiger partial charge in [-0.05, 0) is 29.8 Å². The maximum absolute atomic E-state index is 13.5. The maximum Gasteiger partial charge on any atom is 0.315 e. The number of urea groups is 1. The van der Waals surface area contributed by atoms with Crippen molar-refractivity contribution < 1.29 is 23.1 Å². The first-order valence-electron chi connectivity index (χ1n) is 8.21. The van der Waals surface area contributed by atoms with Crippen LogP contribution in [0, 0.1) is 11.6 Å². The van der Waals surface area contributed by atoms with Gasteiger partial charge in [0, 0.05) is 12.6 Å². The molecule has 3 amide bonds. The summed E-state index contributed by atoms with van der Waals surface area (Å²) >= 11 is 11.6. The molecule has 6 nitrogen and oxygen atoms in total. The summed E-state index contributed by atoms with van der Waals surface area (Å²) in [6.07, 6.45) is 0. The third-order valence-corrected chi connectivity index (χ3v) is 4.64. The Morgan fingerprint density at radius 3 is 2.46 bits per heavy atom. The first-order valence-corrected chi connectivity index (χ1v) is 8.96. The number of ether oxygens (including phenoxy) is 1. The molecule has 3 N–H and O–H groups in total. The molecule has 1 fully saturated rings. The summed E-state index contributed by atoms with van der Waals surface area (Å²) in [5.41, 5.74) is 0.491. The van der Waals surface area contributed by atoms with E-state index >= 15 is 0 Å². The van der Waals surface area contributed by atoms with Gasteiger partial charge in [0.25, 0.3) is 0 Å². The van der Waals surface area contributed by atoms with Gasteiger partial charge in [-0.3, -0.25) is 4.79 Å². The van der Waals surface area contributed by atoms with E-state index in [1.165, 1.54) is 30.3 Å². The molecular weight excluding hydrogens is 415 g/mol. The van der Waals surface area contributed by atoms with E-state index in [2.05, 4.69) is 16.0 Å². The standard InChI is InChI=1S/C18H15Cl2F2N3O3/c19-11-5-9(1-3-13(11)21)16(24-17(26)15-7-23-18(27)25-15)8-28-10-2-4-14(22)12(20)6-10/h1-6,15-16H,7-8H2,(H,24,26)(H2,23,25,27)/t15-,16?/m0/s1. The molecule has 10 heteroatoms. The zero-order valence-electron chi connectivity index (χ0n) is 14.3. The summed E-state index contributed by atoms with van der Waals surface area (Å²) < 4.78 is 32.4. The van der Waals surface area contributed by atoms with Gasteiger partial charge in [-0.2, -0.15) is 0 Å². The lowest BCUT2D eigenvalue weighted by Crippen LogP contribution is -2.45. The minimum absolute atomic E-state index is 0.0657. The third kappa shape index (κ3) is 4.82. The van der Waals surface area contributed by atoms with Gasteiger partial charge in [0.1, 0.15) is 30.0 Å². The van der Waals surface area contributed by atoms with Crippen molar-refractivity contribution in [3.63, 3.8) is 0 Å². The second-order valence-corrected chi connectivity index (χ2v) is 6.84. The number of rotatable bonds is 6. The number of hydrogen-bond acceptors (Lipinski definition) is 3. The van der Waals surface area contributed by atoms with Crippen molar-refractivity contribution in [3.05, 3.63) is 63.6 Å². The number of benzene rings is 2. The lowest BCUT2D eigenvalue weighted by Gasteiger charge is -2.22. The number of amides is 3. The van der Waals surface area contributed by atoms with Crippen LogP contribution >= 0.6 is 23.2 Å². The molecule has 2 aromatic rings. The molecule has 3 rings (SSSR count). The van der Waals surface area contributed by atoms with Crippen LogP contribution in [0.5, 0.6) is 5.75 Å². The SMILES string of the molecule is O=C1NC[C@@H](C(=O)NC(COc2ccc(F)c(Cl)c2)c2ccc(F)c(Cl)c2)N1. The Hall–Kier alpha value is -2.58. The van der Waals surface area contributed by atoms with Crippen molar-refractivity contribution in [2.45, 2.75) is 12.1 Å². The number of halogens is 4. The molecule has 28 heavy (non-hydrogen) atoms. The summed E-state index contributed by atoms with van der Waals surface area (Å²) in [5.74, 6) is -1.36. The smallest absolute Gasteiger partial charge is 0.315 e. The zero-order chi connectivity index (χ0) is 20.3. The fourth-order valence-electron chi connectivity index (χ4n) is 2.58. The molecule has 0 bridgehead atoms. The zero-order valence-corrected chi connectivity index (χ0v) is 15.8. The van der Waals surface area contributed by atoms with Gasteiger partial charge < -0.3 is 20.7 Å². The molecule has 1 saturated heterocycles. The van der Waals surface area contributed by atoms with Crippen LogP contribution in [0.25, 0.3) is 0 Å². The average Bonchev–Trinajstić information content (AvgIpc) is 3.10. The van der Waals surface area contributed by atoms with E-state index in [0.717, 1.165) is 6.07 Å². The molecule has 1 heterocycles. The monoisotopic (exact) mass is 429 g/mol. The molecule has 1 aliphatic heterocycles. The van der Waals surface area contributed by atoms with Gasteiger partial charge >= 0.3 is 6.03 Å². The fraction of sp³-hybridized carbons (Fsp3) is 0.222. The van der Waals surface area contributed by atoms with Gasteiger partial charge in [0.2, 0.25) is 5.91 Å². The summed E-state index contributed by atoms with van der Waals surface area (Å²) in [4.78, 5) is 23.7. The predicted molar refractivity (Wildman–Crippen MR) is 99.5 cm³/mol. The molecule has 1 aliphatic rings. The van der Waals surface area contributed by atoms with E-state index in [-0.39, 0.29) is 28.9 Å². The second kappa shape index (κ2) is 8.62. The minimum atomic E-state index is -0.758. The van der Waals surface area contributed by atoms with Crippen LogP contribution in [0.4, 0.5) is 13.6 Å². The lowest BCUT2D eigenvalue weighted by molar-refractivity contribution is -0.123. The van der Waals surface area contributed by atoms with Crippen LogP contribution in [0.1, 0.15) is 11.6 Å². The van der Waals surface area contributed by atoms with E-state index in [0.29, 0.717) is 5.56 Å². The highest BCUT2D eigenvalue weighted by Crippen LogP contribution is 2.25. The Morgan fingerprint density at radius 1 is 1.18 bits per heavy atom. The Labute approximate surface area is 169 Å². The number of carbonyl (C=O) groups is 2. The van der Waals surface area contributed by atoms with E-state index in [1.54, 1.807) is 0 Å². The summed E-state index contributed by atoms with van der Waals surface area (Å²) in [6, 6.07) is 5.92. The van der Waals surface area contributed by atoms with Crippen LogP contribution in [0.2, 0.25) is 10.0 Å². The summed E-state index contributed by atoms with van der Waals surface area (Å²) in [5, 5.41) is 7.47. The largest absolute Gasteiger partial charge is 0.491 e. The number of carbonyl (C=O) groups excluding carboxylic acids is 2. The highest BCUT2D eigenvalue weighted by Gasteiger charge is 2.29. The lowest BCUT2D eigenvalue weighted by atomic mass is 10.1. The topological polar surface area (TPSA) is 79.5 Å².